The Hall–Kier alpha value is -2.49. The third-order valence-corrected chi connectivity index (χ3v) is 2.42. The van der Waals surface area contributed by atoms with Gasteiger partial charge in [-0.3, -0.25) is 9.98 Å². The molecule has 1 N–H and O–H groups in total. The van der Waals surface area contributed by atoms with Crippen LogP contribution >= 0.6 is 0 Å². The van der Waals surface area contributed by atoms with Crippen LogP contribution in [0.5, 0.6) is 0 Å². The number of aromatic carboxylic acids is 1. The Labute approximate surface area is 105 Å². The van der Waals surface area contributed by atoms with Gasteiger partial charge < -0.3 is 5.11 Å². The highest BCUT2D eigenvalue weighted by Crippen LogP contribution is 2.10. The molecule has 0 aliphatic rings. The van der Waals surface area contributed by atoms with Crippen molar-refractivity contribution in [1.82, 2.24) is 4.98 Å². The zero-order valence-electron chi connectivity index (χ0n) is 9.87. The Balaban J connectivity index is 2.13. The van der Waals surface area contributed by atoms with E-state index >= 15 is 0 Å². The lowest BCUT2D eigenvalue weighted by atomic mass is 10.1. The number of carboxylic acid groups (broad SMARTS) is 1. The first-order valence-electron chi connectivity index (χ1n) is 5.45. The van der Waals surface area contributed by atoms with Crippen molar-refractivity contribution in [3.63, 3.8) is 0 Å². The van der Waals surface area contributed by atoms with Crippen LogP contribution in [-0.2, 0) is 0 Å². The fraction of sp³-hybridized carbons (Fsp3) is 0.0714. The Morgan fingerprint density at radius 1 is 1.22 bits per heavy atom. The van der Waals surface area contributed by atoms with Crippen LogP contribution in [-0.4, -0.2) is 22.3 Å². The van der Waals surface area contributed by atoms with E-state index in [0.717, 1.165) is 16.9 Å². The molecular formula is C14H12N2O2. The average molecular weight is 240 g/mol. The summed E-state index contributed by atoms with van der Waals surface area (Å²) in [5.41, 5.74) is 2.83. The largest absolute Gasteiger partial charge is 0.478 e. The van der Waals surface area contributed by atoms with Crippen molar-refractivity contribution in [2.24, 2.45) is 4.99 Å². The van der Waals surface area contributed by atoms with Crippen molar-refractivity contribution < 1.29 is 9.90 Å². The van der Waals surface area contributed by atoms with Crippen LogP contribution in [0.1, 0.15) is 21.6 Å². The van der Waals surface area contributed by atoms with Crippen LogP contribution in [0.4, 0.5) is 5.69 Å². The maximum Gasteiger partial charge on any atom is 0.335 e. The molecule has 0 atom stereocenters. The number of nitrogens with zero attached hydrogens (tertiary/aromatic N) is 2. The standard InChI is InChI=1S/C14H12N2O2/c1-10-2-7-13(9-15-10)16-8-11-3-5-12(6-4-11)14(17)18/h2-9H,1H3,(H,17,18)/b16-8+. The van der Waals surface area contributed by atoms with E-state index in [1.807, 2.05) is 19.1 Å². The normalized spacial score (nSPS) is 10.7. The van der Waals surface area contributed by atoms with E-state index in [9.17, 15) is 4.79 Å². The molecule has 0 saturated heterocycles. The van der Waals surface area contributed by atoms with Gasteiger partial charge in [0.15, 0.2) is 0 Å². The van der Waals surface area contributed by atoms with E-state index in [4.69, 9.17) is 5.11 Å². The second kappa shape index (κ2) is 5.23. The highest BCUT2D eigenvalue weighted by molar-refractivity contribution is 5.89. The highest BCUT2D eigenvalue weighted by Gasteiger charge is 2.00. The number of pyridine rings is 1. The summed E-state index contributed by atoms with van der Waals surface area (Å²) < 4.78 is 0. The van der Waals surface area contributed by atoms with Gasteiger partial charge in [-0.05, 0) is 36.8 Å². The van der Waals surface area contributed by atoms with Crippen LogP contribution in [0.2, 0.25) is 0 Å². The van der Waals surface area contributed by atoms with Crippen molar-refractivity contribution in [2.75, 3.05) is 0 Å². The van der Waals surface area contributed by atoms with Crippen LogP contribution < -0.4 is 0 Å². The topological polar surface area (TPSA) is 62.5 Å². The first-order chi connectivity index (χ1) is 8.65. The summed E-state index contributed by atoms with van der Waals surface area (Å²) in [6, 6.07) is 10.3. The Bertz CT molecular complexity index is 572. The maximum atomic E-state index is 10.7. The van der Waals surface area contributed by atoms with Crippen LogP contribution in [0, 0.1) is 6.92 Å². The molecule has 1 heterocycles. The summed E-state index contributed by atoms with van der Waals surface area (Å²) in [6.07, 6.45) is 3.37. The molecule has 90 valence electrons. The highest BCUT2D eigenvalue weighted by atomic mass is 16.4. The van der Waals surface area contributed by atoms with E-state index < -0.39 is 5.97 Å². The molecule has 0 unspecified atom stereocenters. The van der Waals surface area contributed by atoms with Crippen molar-refractivity contribution >= 4 is 17.9 Å². The van der Waals surface area contributed by atoms with Gasteiger partial charge in [0, 0.05) is 11.9 Å². The molecule has 0 aliphatic carbocycles. The van der Waals surface area contributed by atoms with Crippen molar-refractivity contribution in [1.29, 1.82) is 0 Å². The van der Waals surface area contributed by atoms with E-state index in [-0.39, 0.29) is 5.56 Å². The molecular weight excluding hydrogens is 228 g/mol. The number of carbonyl (C=O) groups is 1. The monoisotopic (exact) mass is 240 g/mol. The SMILES string of the molecule is Cc1ccc(/N=C/c2ccc(C(=O)O)cc2)cn1. The maximum absolute atomic E-state index is 10.7. The summed E-state index contributed by atoms with van der Waals surface area (Å²) >= 11 is 0. The Kier molecular flexibility index (Phi) is 3.48. The van der Waals surface area contributed by atoms with Crippen molar-refractivity contribution in [3.05, 3.63) is 59.4 Å². The number of hydrogen-bond donors (Lipinski definition) is 1. The van der Waals surface area contributed by atoms with Crippen molar-refractivity contribution in [2.45, 2.75) is 6.92 Å². The Morgan fingerprint density at radius 3 is 2.50 bits per heavy atom. The van der Waals surface area contributed by atoms with E-state index in [2.05, 4.69) is 9.98 Å². The number of aryl methyl sites for hydroxylation is 1. The minimum absolute atomic E-state index is 0.268. The summed E-state index contributed by atoms with van der Waals surface area (Å²) in [5, 5.41) is 8.77. The van der Waals surface area contributed by atoms with Crippen LogP contribution in [0.3, 0.4) is 0 Å². The molecule has 0 saturated carbocycles. The second-order valence-electron chi connectivity index (χ2n) is 3.84. The lowest BCUT2D eigenvalue weighted by molar-refractivity contribution is 0.0697. The summed E-state index contributed by atoms with van der Waals surface area (Å²) in [6.45, 7) is 1.91. The third-order valence-electron chi connectivity index (χ3n) is 2.42. The number of hydrogen-bond acceptors (Lipinski definition) is 3. The zero-order valence-corrected chi connectivity index (χ0v) is 9.87. The second-order valence-corrected chi connectivity index (χ2v) is 3.84. The summed E-state index contributed by atoms with van der Waals surface area (Å²) in [4.78, 5) is 19.1. The first kappa shape index (κ1) is 12.0. The van der Waals surface area contributed by atoms with E-state index in [1.54, 1.807) is 36.7 Å². The van der Waals surface area contributed by atoms with Gasteiger partial charge in [0.25, 0.3) is 0 Å². The van der Waals surface area contributed by atoms with Gasteiger partial charge in [-0.15, -0.1) is 0 Å². The molecule has 18 heavy (non-hydrogen) atoms. The predicted octanol–water partition coefficient (Wildman–Crippen LogP) is 2.84. The zero-order chi connectivity index (χ0) is 13.0. The van der Waals surface area contributed by atoms with Gasteiger partial charge in [0.05, 0.1) is 17.4 Å². The quantitative estimate of drug-likeness (QED) is 0.839. The lowest BCUT2D eigenvalue weighted by Crippen LogP contribution is -1.95. The van der Waals surface area contributed by atoms with Gasteiger partial charge in [0.1, 0.15) is 0 Å². The average Bonchev–Trinajstić information content (AvgIpc) is 2.38. The molecule has 1 aromatic carbocycles. The van der Waals surface area contributed by atoms with Crippen molar-refractivity contribution in [3.8, 4) is 0 Å². The van der Waals surface area contributed by atoms with E-state index in [1.165, 1.54) is 0 Å². The smallest absolute Gasteiger partial charge is 0.335 e. The molecule has 0 amide bonds. The predicted molar refractivity (Wildman–Crippen MR) is 69.6 cm³/mol. The molecule has 0 spiro atoms. The van der Waals surface area contributed by atoms with E-state index in [0.29, 0.717) is 0 Å². The van der Waals surface area contributed by atoms with Gasteiger partial charge >= 0.3 is 5.97 Å². The molecule has 2 rings (SSSR count). The molecule has 2 aromatic rings. The first-order valence-corrected chi connectivity index (χ1v) is 5.45. The summed E-state index contributed by atoms with van der Waals surface area (Å²) in [7, 11) is 0. The molecule has 0 aliphatic heterocycles. The minimum Gasteiger partial charge on any atom is -0.478 e. The lowest BCUT2D eigenvalue weighted by Gasteiger charge is -1.96. The fourth-order valence-corrected chi connectivity index (χ4v) is 1.40. The van der Waals surface area contributed by atoms with Gasteiger partial charge in [-0.25, -0.2) is 4.79 Å². The fourth-order valence-electron chi connectivity index (χ4n) is 1.40. The minimum atomic E-state index is -0.929. The molecule has 4 heteroatoms. The van der Waals surface area contributed by atoms with Gasteiger partial charge in [-0.2, -0.15) is 0 Å². The molecule has 0 fully saturated rings. The number of rotatable bonds is 3. The number of benzene rings is 1. The van der Waals surface area contributed by atoms with Gasteiger partial charge in [0.2, 0.25) is 0 Å². The number of aromatic nitrogens is 1. The summed E-state index contributed by atoms with van der Waals surface area (Å²) in [5.74, 6) is -0.929. The molecule has 0 bridgehead atoms. The number of carboxylic acids is 1. The van der Waals surface area contributed by atoms with Gasteiger partial charge in [-0.1, -0.05) is 12.1 Å². The van der Waals surface area contributed by atoms with Crippen LogP contribution in [0.25, 0.3) is 0 Å². The molecule has 4 nitrogen and oxygen atoms in total. The molecule has 1 aromatic heterocycles. The number of aliphatic imine (C=N–C) groups is 1. The Morgan fingerprint density at radius 2 is 1.94 bits per heavy atom. The third kappa shape index (κ3) is 3.01. The molecule has 0 radical (unpaired) electrons. The van der Waals surface area contributed by atoms with Crippen LogP contribution in [0.15, 0.2) is 47.6 Å².